The first-order valence-corrected chi connectivity index (χ1v) is 8.91. The van der Waals surface area contributed by atoms with Gasteiger partial charge in [0, 0.05) is 0 Å². The molecule has 24 heavy (non-hydrogen) atoms. The largest absolute Gasteiger partial charge is 0.363 e. The molecule has 0 N–H and O–H groups in total. The Morgan fingerprint density at radius 2 is 1.21 bits per heavy atom. The Morgan fingerprint density at radius 1 is 0.583 bits per heavy atom. The quantitative estimate of drug-likeness (QED) is 0.292. The minimum absolute atomic E-state index is 0.401. The summed E-state index contributed by atoms with van der Waals surface area (Å²) in [6.45, 7) is 0. The van der Waals surface area contributed by atoms with E-state index in [2.05, 4.69) is 66.7 Å². The van der Waals surface area contributed by atoms with E-state index in [4.69, 9.17) is 0 Å². The second-order valence-corrected chi connectivity index (χ2v) is 6.93. The maximum Gasteiger partial charge on any atom is 0.363 e. The fraction of sp³-hybridized carbons (Fsp3) is 0. The van der Waals surface area contributed by atoms with E-state index in [0.29, 0.717) is 0 Å². The van der Waals surface area contributed by atoms with Crippen molar-refractivity contribution in [1.82, 2.24) is 0 Å². The van der Waals surface area contributed by atoms with Crippen molar-refractivity contribution in [2.45, 2.75) is 0 Å². The van der Waals surface area contributed by atoms with Crippen molar-refractivity contribution in [2.75, 3.05) is 0 Å². The highest BCUT2D eigenvalue weighted by atomic mass is 31.1. The summed E-state index contributed by atoms with van der Waals surface area (Å²) in [6, 6.07) is 27.7. The Kier molecular flexibility index (Phi) is 2.92. The maximum absolute atomic E-state index is 11.0. The molecule has 1 nitrogen and oxygen atoms in total. The van der Waals surface area contributed by atoms with Crippen molar-refractivity contribution < 1.29 is 4.57 Å². The van der Waals surface area contributed by atoms with Gasteiger partial charge in [0.1, 0.15) is 0 Å². The van der Waals surface area contributed by atoms with Crippen LogP contribution in [0.5, 0.6) is 0 Å². The molecule has 0 bridgehead atoms. The van der Waals surface area contributed by atoms with Crippen molar-refractivity contribution >= 4 is 46.1 Å². The third-order valence-corrected chi connectivity index (χ3v) is 5.41. The molecule has 0 radical (unpaired) electrons. The van der Waals surface area contributed by atoms with E-state index >= 15 is 0 Å². The Morgan fingerprint density at radius 3 is 1.92 bits per heavy atom. The molecule has 0 saturated heterocycles. The Labute approximate surface area is 141 Å². The molecule has 5 rings (SSSR count). The van der Waals surface area contributed by atoms with Crippen LogP contribution in [0.4, 0.5) is 0 Å². The Balaban J connectivity index is 1.91. The molecule has 5 aromatic carbocycles. The van der Waals surface area contributed by atoms with Crippen molar-refractivity contribution in [3.05, 3.63) is 78.9 Å². The number of benzene rings is 5. The van der Waals surface area contributed by atoms with E-state index in [9.17, 15) is 4.57 Å². The zero-order valence-corrected chi connectivity index (χ0v) is 13.9. The topological polar surface area (TPSA) is 17.1 Å². The molecule has 1 atom stereocenters. The molecule has 112 valence electrons. The summed E-state index contributed by atoms with van der Waals surface area (Å²) in [6.07, 6.45) is 0. The summed E-state index contributed by atoms with van der Waals surface area (Å²) in [5.74, 6) is 0. The third-order valence-electron chi connectivity index (χ3n) is 4.84. The summed E-state index contributed by atoms with van der Waals surface area (Å²) in [5.41, 5.74) is 2.39. The van der Waals surface area contributed by atoms with Crippen LogP contribution >= 0.6 is 8.46 Å². The van der Waals surface area contributed by atoms with Gasteiger partial charge in [0.25, 0.3) is 0 Å². The zero-order valence-electron chi connectivity index (χ0n) is 12.9. The van der Waals surface area contributed by atoms with Crippen LogP contribution in [-0.4, -0.2) is 0 Å². The molecule has 0 aromatic heterocycles. The molecule has 0 saturated carbocycles. The van der Waals surface area contributed by atoms with Gasteiger partial charge >= 0.3 is 8.46 Å². The van der Waals surface area contributed by atoms with E-state index < -0.39 is 8.46 Å². The van der Waals surface area contributed by atoms with Gasteiger partial charge < -0.3 is 0 Å². The van der Waals surface area contributed by atoms with Crippen LogP contribution in [0.15, 0.2) is 78.9 Å². The van der Waals surface area contributed by atoms with Crippen LogP contribution in [0.1, 0.15) is 0 Å². The molecule has 0 aliphatic heterocycles. The minimum Gasteiger partial charge on any atom is -0.0707 e. The summed E-state index contributed by atoms with van der Waals surface area (Å²) in [4.78, 5) is 0. The average Bonchev–Trinajstić information content (AvgIpc) is 2.66. The normalized spacial score (nSPS) is 11.8. The highest BCUT2D eigenvalue weighted by Crippen LogP contribution is 2.38. The molecule has 5 aromatic rings. The van der Waals surface area contributed by atoms with Crippen LogP contribution in [0.2, 0.25) is 0 Å². The maximum atomic E-state index is 11.0. The lowest BCUT2D eigenvalue weighted by Crippen LogP contribution is -1.91. The Bertz CT molecular complexity index is 1190. The zero-order chi connectivity index (χ0) is 16.1. The van der Waals surface area contributed by atoms with Gasteiger partial charge in [-0.2, -0.15) is 0 Å². The average molecular weight is 325 g/mol. The summed E-state index contributed by atoms with van der Waals surface area (Å²) >= 11 is 0. The van der Waals surface area contributed by atoms with Gasteiger partial charge in [0.2, 0.25) is 0 Å². The first-order valence-electron chi connectivity index (χ1n) is 8.00. The van der Waals surface area contributed by atoms with Crippen molar-refractivity contribution in [1.29, 1.82) is 0 Å². The van der Waals surface area contributed by atoms with Gasteiger partial charge in [-0.1, -0.05) is 59.2 Å². The molecule has 1 unspecified atom stereocenters. The third kappa shape index (κ3) is 1.89. The first kappa shape index (κ1) is 13.7. The Hall–Kier alpha value is -2.76. The van der Waals surface area contributed by atoms with Gasteiger partial charge in [-0.3, -0.25) is 0 Å². The van der Waals surface area contributed by atoms with Gasteiger partial charge in [0.05, 0.1) is 0 Å². The van der Waals surface area contributed by atoms with Crippen LogP contribution in [0.25, 0.3) is 43.4 Å². The van der Waals surface area contributed by atoms with Crippen LogP contribution in [0, 0.1) is 0 Å². The van der Waals surface area contributed by atoms with Crippen molar-refractivity contribution in [3.8, 4) is 11.1 Å². The fourth-order valence-corrected chi connectivity index (χ4v) is 4.01. The van der Waals surface area contributed by atoms with E-state index in [1.165, 1.54) is 37.9 Å². The lowest BCUT2D eigenvalue weighted by Gasteiger charge is -2.14. The molecule has 2 heteroatoms. The van der Waals surface area contributed by atoms with E-state index in [1.807, 2.05) is 12.1 Å². The molecule has 0 aliphatic rings. The molecule has 0 fully saturated rings. The highest BCUT2D eigenvalue weighted by Gasteiger charge is 2.12. The van der Waals surface area contributed by atoms with E-state index in [0.717, 1.165) is 10.9 Å². The van der Waals surface area contributed by atoms with E-state index in [-0.39, 0.29) is 0 Å². The van der Waals surface area contributed by atoms with Crippen molar-refractivity contribution in [3.63, 3.8) is 0 Å². The van der Waals surface area contributed by atoms with Crippen LogP contribution < -0.4 is 5.30 Å². The molecular formula is C22H14OP+. The summed E-state index contributed by atoms with van der Waals surface area (Å²) in [7, 11) is -0.401. The van der Waals surface area contributed by atoms with Gasteiger partial charge in [0.15, 0.2) is 5.30 Å². The lowest BCUT2D eigenvalue weighted by molar-refractivity contribution is 0.603. The highest BCUT2D eigenvalue weighted by molar-refractivity contribution is 7.34. The second-order valence-electron chi connectivity index (χ2n) is 6.15. The molecule has 0 heterocycles. The molecule has 0 spiro atoms. The smallest absolute Gasteiger partial charge is 0.0707 e. The monoisotopic (exact) mass is 325 g/mol. The predicted octanol–water partition coefficient (Wildman–Crippen LogP) is 5.90. The fourth-order valence-electron chi connectivity index (χ4n) is 3.70. The summed E-state index contributed by atoms with van der Waals surface area (Å²) in [5, 5.41) is 8.64. The van der Waals surface area contributed by atoms with E-state index in [1.54, 1.807) is 0 Å². The lowest BCUT2D eigenvalue weighted by atomic mass is 9.90. The predicted molar refractivity (Wildman–Crippen MR) is 104 cm³/mol. The molecule has 0 amide bonds. The number of hydrogen-bond acceptors (Lipinski definition) is 1. The first-order chi connectivity index (χ1) is 11.8. The van der Waals surface area contributed by atoms with Crippen molar-refractivity contribution in [2.24, 2.45) is 0 Å². The molecule has 0 aliphatic carbocycles. The summed E-state index contributed by atoms with van der Waals surface area (Å²) < 4.78 is 11.0. The number of rotatable bonds is 2. The van der Waals surface area contributed by atoms with Gasteiger partial charge in [-0.25, -0.2) is 0 Å². The SMILES string of the molecule is O=[PH+]c1ccc(-c2ccc3ccc4cccc5ccc2c3c45)cc1. The molecular weight excluding hydrogens is 311 g/mol. The number of hydrogen-bond donors (Lipinski definition) is 0. The van der Waals surface area contributed by atoms with Crippen LogP contribution in [0.3, 0.4) is 0 Å². The minimum atomic E-state index is -0.401. The standard InChI is InChI=1S/C22H13OP/c23-24-18-10-6-14(7-11-18)19-12-8-17-5-4-15-2-1-3-16-9-13-20(19)22(17)21(15)16/h1-13H/p+1. The second kappa shape index (κ2) is 5.12. The van der Waals surface area contributed by atoms with Gasteiger partial charge in [-0.05, 0) is 67.7 Å². The van der Waals surface area contributed by atoms with Crippen LogP contribution in [-0.2, 0) is 4.57 Å². The van der Waals surface area contributed by atoms with Gasteiger partial charge in [-0.15, -0.1) is 0 Å².